The molecular formula is C24H24FN5O2. The van der Waals surface area contributed by atoms with E-state index in [1.807, 2.05) is 39.8 Å². The molecule has 1 aromatic heterocycles. The van der Waals surface area contributed by atoms with Crippen LogP contribution in [0, 0.1) is 11.2 Å². The Morgan fingerprint density at radius 1 is 0.969 bits per heavy atom. The molecule has 1 N–H and O–H groups in total. The van der Waals surface area contributed by atoms with E-state index in [1.165, 1.54) is 12.1 Å². The van der Waals surface area contributed by atoms with Crippen molar-refractivity contribution in [1.82, 2.24) is 19.7 Å². The highest BCUT2D eigenvalue weighted by Crippen LogP contribution is 2.41. The van der Waals surface area contributed by atoms with Crippen LogP contribution in [0.3, 0.4) is 0 Å². The number of likely N-dealkylation sites (tertiary alicyclic amines) is 1. The molecule has 1 saturated heterocycles. The van der Waals surface area contributed by atoms with Crippen molar-refractivity contribution in [2.45, 2.75) is 32.2 Å². The van der Waals surface area contributed by atoms with E-state index in [1.54, 1.807) is 12.1 Å². The summed E-state index contributed by atoms with van der Waals surface area (Å²) in [7, 11) is 0. The monoisotopic (exact) mass is 433 g/mol. The van der Waals surface area contributed by atoms with E-state index in [9.17, 15) is 14.0 Å². The van der Waals surface area contributed by atoms with Gasteiger partial charge in [0.1, 0.15) is 11.6 Å². The van der Waals surface area contributed by atoms with E-state index < -0.39 is 5.82 Å². The van der Waals surface area contributed by atoms with Gasteiger partial charge in [0.2, 0.25) is 5.82 Å². The van der Waals surface area contributed by atoms with E-state index in [0.717, 1.165) is 25.1 Å². The summed E-state index contributed by atoms with van der Waals surface area (Å²) in [5.74, 6) is 0.299. The van der Waals surface area contributed by atoms with E-state index in [0.29, 0.717) is 43.1 Å². The number of amides is 2. The minimum atomic E-state index is -0.404. The molecule has 2 aromatic carbocycles. The molecule has 3 heterocycles. The Morgan fingerprint density at radius 3 is 2.59 bits per heavy atom. The highest BCUT2D eigenvalue weighted by Gasteiger charge is 2.41. The van der Waals surface area contributed by atoms with Crippen LogP contribution < -0.4 is 5.32 Å². The maximum atomic E-state index is 13.6. The standard InChI is InChI=1S/C24H24FN5O2/c25-18-6-4-5-17(15-18)23(32)29-13-11-24(16-29)10-9-20-27-28-21(30(20)14-12-24)22(31)26-19-7-2-1-3-8-19/h1-8,15H,9-14,16H2,(H,26,31)/t24-/m1/s1. The number of anilines is 1. The van der Waals surface area contributed by atoms with Gasteiger partial charge in [0.05, 0.1) is 0 Å². The second-order valence-electron chi connectivity index (χ2n) is 8.65. The molecule has 0 radical (unpaired) electrons. The summed E-state index contributed by atoms with van der Waals surface area (Å²) in [5, 5.41) is 11.3. The lowest BCUT2D eigenvalue weighted by atomic mass is 9.80. The van der Waals surface area contributed by atoms with Crippen LogP contribution >= 0.6 is 0 Å². The first kappa shape index (κ1) is 20.4. The quantitative estimate of drug-likeness (QED) is 0.685. The Labute approximate surface area is 185 Å². The molecule has 0 bridgehead atoms. The molecule has 2 amide bonds. The summed E-state index contributed by atoms with van der Waals surface area (Å²) in [5.41, 5.74) is 1.06. The highest BCUT2D eigenvalue weighted by molar-refractivity contribution is 6.01. The van der Waals surface area contributed by atoms with E-state index in [2.05, 4.69) is 15.5 Å². The molecule has 2 aliphatic heterocycles. The Balaban J connectivity index is 1.28. The number of rotatable bonds is 3. The highest BCUT2D eigenvalue weighted by atomic mass is 19.1. The number of carbonyl (C=O) groups excluding carboxylic acids is 2. The SMILES string of the molecule is O=C(Nc1ccccc1)c1nnc2n1CC[C@@]1(CC2)CCN(C(=O)c2cccc(F)c2)C1. The van der Waals surface area contributed by atoms with Gasteiger partial charge < -0.3 is 14.8 Å². The van der Waals surface area contributed by atoms with Crippen molar-refractivity contribution in [2.75, 3.05) is 18.4 Å². The predicted molar refractivity (Wildman–Crippen MR) is 117 cm³/mol. The van der Waals surface area contributed by atoms with E-state index in [-0.39, 0.29) is 17.2 Å². The van der Waals surface area contributed by atoms with Gasteiger partial charge >= 0.3 is 0 Å². The number of benzene rings is 2. The first-order valence-corrected chi connectivity index (χ1v) is 10.9. The number of carbonyl (C=O) groups is 2. The lowest BCUT2D eigenvalue weighted by Crippen LogP contribution is -2.32. The van der Waals surface area contributed by atoms with Crippen molar-refractivity contribution in [3.05, 3.63) is 77.6 Å². The number of halogens is 1. The van der Waals surface area contributed by atoms with Gasteiger partial charge in [0.15, 0.2) is 0 Å². The number of nitrogens with one attached hydrogen (secondary N) is 1. The Kier molecular flexibility index (Phi) is 5.20. The van der Waals surface area contributed by atoms with Gasteiger partial charge in [0, 0.05) is 37.3 Å². The molecular weight excluding hydrogens is 409 g/mol. The zero-order valence-electron chi connectivity index (χ0n) is 17.6. The van der Waals surface area contributed by atoms with E-state index >= 15 is 0 Å². The number of para-hydroxylation sites is 1. The zero-order valence-corrected chi connectivity index (χ0v) is 17.6. The number of fused-ring (bicyclic) bond motifs is 1. The van der Waals surface area contributed by atoms with Crippen LogP contribution in [0.2, 0.25) is 0 Å². The summed E-state index contributed by atoms with van der Waals surface area (Å²) in [6.07, 6.45) is 3.29. The van der Waals surface area contributed by atoms with Crippen molar-refractivity contribution in [1.29, 1.82) is 0 Å². The van der Waals surface area contributed by atoms with Crippen molar-refractivity contribution in [3.63, 3.8) is 0 Å². The van der Waals surface area contributed by atoms with Crippen LogP contribution in [0.25, 0.3) is 0 Å². The third-order valence-corrected chi connectivity index (χ3v) is 6.60. The third-order valence-electron chi connectivity index (χ3n) is 6.60. The number of hydrogen-bond acceptors (Lipinski definition) is 4. The topological polar surface area (TPSA) is 80.1 Å². The zero-order chi connectivity index (χ0) is 22.1. The molecule has 164 valence electrons. The fourth-order valence-corrected chi connectivity index (χ4v) is 4.80. The summed E-state index contributed by atoms with van der Waals surface area (Å²) >= 11 is 0. The maximum absolute atomic E-state index is 13.6. The molecule has 2 aliphatic rings. The molecule has 0 unspecified atom stereocenters. The van der Waals surface area contributed by atoms with Gasteiger partial charge in [-0.1, -0.05) is 24.3 Å². The maximum Gasteiger partial charge on any atom is 0.293 e. The van der Waals surface area contributed by atoms with Gasteiger partial charge in [-0.3, -0.25) is 9.59 Å². The summed E-state index contributed by atoms with van der Waals surface area (Å²) in [6.45, 7) is 1.91. The van der Waals surface area contributed by atoms with Crippen molar-refractivity contribution >= 4 is 17.5 Å². The summed E-state index contributed by atoms with van der Waals surface area (Å²) in [6, 6.07) is 15.1. The Bertz CT molecular complexity index is 1160. The van der Waals surface area contributed by atoms with Gasteiger partial charge in [-0.05, 0) is 55.0 Å². The molecule has 8 heteroatoms. The molecule has 0 saturated carbocycles. The van der Waals surface area contributed by atoms with Crippen LogP contribution in [0.15, 0.2) is 54.6 Å². The minimum absolute atomic E-state index is 0.0309. The number of hydrogen-bond donors (Lipinski definition) is 1. The molecule has 7 nitrogen and oxygen atoms in total. The molecule has 32 heavy (non-hydrogen) atoms. The largest absolute Gasteiger partial charge is 0.338 e. The lowest BCUT2D eigenvalue weighted by molar-refractivity contribution is 0.0766. The molecule has 1 spiro atoms. The average molecular weight is 433 g/mol. The van der Waals surface area contributed by atoms with E-state index in [4.69, 9.17) is 0 Å². The predicted octanol–water partition coefficient (Wildman–Crippen LogP) is 3.54. The fourth-order valence-electron chi connectivity index (χ4n) is 4.80. The second-order valence-corrected chi connectivity index (χ2v) is 8.65. The van der Waals surface area contributed by atoms with Crippen LogP contribution in [0.5, 0.6) is 0 Å². The number of aryl methyl sites for hydroxylation is 1. The molecule has 1 fully saturated rings. The van der Waals surface area contributed by atoms with Gasteiger partial charge in [-0.15, -0.1) is 10.2 Å². The second kappa shape index (κ2) is 8.18. The molecule has 3 aromatic rings. The van der Waals surface area contributed by atoms with Crippen LogP contribution in [-0.4, -0.2) is 44.6 Å². The van der Waals surface area contributed by atoms with Crippen molar-refractivity contribution < 1.29 is 14.0 Å². The third kappa shape index (κ3) is 3.88. The van der Waals surface area contributed by atoms with Crippen molar-refractivity contribution in [2.24, 2.45) is 5.41 Å². The summed E-state index contributed by atoms with van der Waals surface area (Å²) < 4.78 is 15.5. The first-order valence-electron chi connectivity index (χ1n) is 10.9. The molecule has 5 rings (SSSR count). The van der Waals surface area contributed by atoms with Gasteiger partial charge in [-0.2, -0.15) is 0 Å². The van der Waals surface area contributed by atoms with Crippen LogP contribution in [0.1, 0.15) is 46.1 Å². The average Bonchev–Trinajstić information content (AvgIpc) is 3.36. The molecule has 1 atom stereocenters. The molecule has 0 aliphatic carbocycles. The smallest absolute Gasteiger partial charge is 0.293 e. The first-order chi connectivity index (χ1) is 15.5. The minimum Gasteiger partial charge on any atom is -0.338 e. The normalized spacial score (nSPS) is 20.1. The van der Waals surface area contributed by atoms with Gasteiger partial charge in [-0.25, -0.2) is 4.39 Å². The van der Waals surface area contributed by atoms with Crippen LogP contribution in [-0.2, 0) is 13.0 Å². The Morgan fingerprint density at radius 2 is 1.78 bits per heavy atom. The Hall–Kier alpha value is -3.55. The van der Waals surface area contributed by atoms with Gasteiger partial charge in [0.25, 0.3) is 11.8 Å². The number of nitrogens with zero attached hydrogens (tertiary/aromatic N) is 4. The fraction of sp³-hybridized carbons (Fsp3) is 0.333. The lowest BCUT2D eigenvalue weighted by Gasteiger charge is -2.27. The van der Waals surface area contributed by atoms with Crippen molar-refractivity contribution in [3.8, 4) is 0 Å². The number of aromatic nitrogens is 3. The van der Waals surface area contributed by atoms with Crippen LogP contribution in [0.4, 0.5) is 10.1 Å². The summed E-state index contributed by atoms with van der Waals surface area (Å²) in [4.78, 5) is 27.5.